The first-order valence-electron chi connectivity index (χ1n) is 7.28. The van der Waals surface area contributed by atoms with E-state index in [9.17, 15) is 4.79 Å². The van der Waals surface area contributed by atoms with Crippen molar-refractivity contribution >= 4 is 11.7 Å². The number of rotatable bonds is 3. The Bertz CT molecular complexity index is 458. The number of anilines is 1. The van der Waals surface area contributed by atoms with E-state index in [1.807, 2.05) is 18.2 Å². The summed E-state index contributed by atoms with van der Waals surface area (Å²) in [4.78, 5) is 13.4. The van der Waals surface area contributed by atoms with Crippen molar-refractivity contribution in [1.82, 2.24) is 0 Å². The van der Waals surface area contributed by atoms with Crippen LogP contribution in [-0.2, 0) is 11.2 Å². The van der Waals surface area contributed by atoms with Gasteiger partial charge in [-0.3, -0.25) is 4.79 Å². The van der Waals surface area contributed by atoms with E-state index < -0.39 is 5.97 Å². The normalized spacial score (nSPS) is 26.2. The zero-order valence-corrected chi connectivity index (χ0v) is 11.2. The van der Waals surface area contributed by atoms with E-state index in [1.54, 1.807) is 0 Å². The van der Waals surface area contributed by atoms with E-state index in [1.165, 1.54) is 25.7 Å². The molecule has 19 heavy (non-hydrogen) atoms. The number of nitrogens with zero attached hydrogens (tertiary/aromatic N) is 1. The van der Waals surface area contributed by atoms with E-state index in [4.69, 9.17) is 5.11 Å². The average Bonchev–Trinajstić information content (AvgIpc) is 2.82. The quantitative estimate of drug-likeness (QED) is 0.907. The van der Waals surface area contributed by atoms with Crippen LogP contribution in [0.3, 0.4) is 0 Å². The molecule has 2 unspecified atom stereocenters. The number of hydrogen-bond acceptors (Lipinski definition) is 2. The van der Waals surface area contributed by atoms with Crippen LogP contribution in [0.1, 0.15) is 31.2 Å². The van der Waals surface area contributed by atoms with Crippen LogP contribution in [-0.4, -0.2) is 24.2 Å². The Labute approximate surface area is 114 Å². The van der Waals surface area contributed by atoms with Crippen molar-refractivity contribution in [2.24, 2.45) is 11.8 Å². The molecule has 2 fully saturated rings. The zero-order chi connectivity index (χ0) is 13.2. The molecular weight excluding hydrogens is 238 g/mol. The molecule has 2 aliphatic rings. The Morgan fingerprint density at radius 3 is 2.42 bits per heavy atom. The summed E-state index contributed by atoms with van der Waals surface area (Å²) in [6.07, 6.45) is 5.56. The van der Waals surface area contributed by atoms with Crippen LogP contribution in [0.4, 0.5) is 5.69 Å². The van der Waals surface area contributed by atoms with Gasteiger partial charge in [-0.05, 0) is 36.3 Å². The van der Waals surface area contributed by atoms with E-state index in [2.05, 4.69) is 11.0 Å². The summed E-state index contributed by atoms with van der Waals surface area (Å²) in [6.45, 7) is 2.22. The molecule has 1 aromatic carbocycles. The summed E-state index contributed by atoms with van der Waals surface area (Å²) in [6, 6.07) is 7.98. The molecule has 1 heterocycles. The van der Waals surface area contributed by atoms with Gasteiger partial charge in [0.05, 0.1) is 6.42 Å². The number of carbonyl (C=O) groups is 1. The van der Waals surface area contributed by atoms with Crippen LogP contribution < -0.4 is 4.90 Å². The summed E-state index contributed by atoms with van der Waals surface area (Å²) in [5.74, 6) is 0.905. The van der Waals surface area contributed by atoms with Gasteiger partial charge in [-0.25, -0.2) is 0 Å². The van der Waals surface area contributed by atoms with Crippen LogP contribution in [0.2, 0.25) is 0 Å². The molecular formula is C16H21NO2. The molecule has 1 aliphatic carbocycles. The Hall–Kier alpha value is -1.51. The number of carboxylic acids is 1. The van der Waals surface area contributed by atoms with Crippen molar-refractivity contribution in [2.45, 2.75) is 32.1 Å². The second-order valence-corrected chi connectivity index (χ2v) is 5.91. The van der Waals surface area contributed by atoms with Crippen LogP contribution in [0.5, 0.6) is 0 Å². The third kappa shape index (κ3) is 2.60. The van der Waals surface area contributed by atoms with E-state index in [0.29, 0.717) is 0 Å². The van der Waals surface area contributed by atoms with Gasteiger partial charge in [-0.1, -0.05) is 31.0 Å². The molecule has 1 saturated heterocycles. The number of para-hydroxylation sites is 1. The van der Waals surface area contributed by atoms with Crippen LogP contribution >= 0.6 is 0 Å². The van der Waals surface area contributed by atoms with Crippen molar-refractivity contribution < 1.29 is 9.90 Å². The second-order valence-electron chi connectivity index (χ2n) is 5.91. The lowest BCUT2D eigenvalue weighted by Gasteiger charge is -2.22. The number of fused-ring (bicyclic) bond motifs is 1. The molecule has 3 nitrogen and oxygen atoms in total. The Morgan fingerprint density at radius 1 is 1.16 bits per heavy atom. The lowest BCUT2D eigenvalue weighted by Crippen LogP contribution is -2.21. The molecule has 2 atom stereocenters. The maximum absolute atomic E-state index is 11.0. The minimum absolute atomic E-state index is 0.127. The molecule has 0 radical (unpaired) electrons. The largest absolute Gasteiger partial charge is 0.481 e. The minimum atomic E-state index is -0.746. The molecule has 1 N–H and O–H groups in total. The van der Waals surface area contributed by atoms with Gasteiger partial charge in [0.1, 0.15) is 0 Å². The summed E-state index contributed by atoms with van der Waals surface area (Å²) < 4.78 is 0. The molecule has 102 valence electrons. The van der Waals surface area contributed by atoms with E-state index >= 15 is 0 Å². The standard InChI is InChI=1S/C16H21NO2/c18-16(19)9-12-5-3-4-8-15(12)17-10-13-6-1-2-7-14(13)11-17/h3-5,8,13-14H,1-2,6-7,9-11H2,(H,18,19). The van der Waals surface area contributed by atoms with Crippen LogP contribution in [0, 0.1) is 11.8 Å². The monoisotopic (exact) mass is 259 g/mol. The van der Waals surface area contributed by atoms with Crippen molar-refractivity contribution in [1.29, 1.82) is 0 Å². The molecule has 1 aliphatic heterocycles. The highest BCUT2D eigenvalue weighted by Gasteiger charge is 2.34. The number of benzene rings is 1. The fourth-order valence-corrected chi connectivity index (χ4v) is 3.73. The first-order valence-corrected chi connectivity index (χ1v) is 7.28. The number of hydrogen-bond donors (Lipinski definition) is 1. The minimum Gasteiger partial charge on any atom is -0.481 e. The van der Waals surface area contributed by atoms with Gasteiger partial charge in [0.25, 0.3) is 0 Å². The van der Waals surface area contributed by atoms with Gasteiger partial charge in [0.2, 0.25) is 0 Å². The maximum Gasteiger partial charge on any atom is 0.307 e. The Balaban J connectivity index is 1.80. The summed E-state index contributed by atoms with van der Waals surface area (Å²) in [5.41, 5.74) is 2.09. The highest BCUT2D eigenvalue weighted by Crippen LogP contribution is 2.38. The Morgan fingerprint density at radius 2 is 1.79 bits per heavy atom. The highest BCUT2D eigenvalue weighted by molar-refractivity contribution is 5.73. The van der Waals surface area contributed by atoms with E-state index in [0.717, 1.165) is 36.2 Å². The molecule has 0 aromatic heterocycles. The average molecular weight is 259 g/mol. The van der Waals surface area contributed by atoms with E-state index in [-0.39, 0.29) is 6.42 Å². The molecule has 3 rings (SSSR count). The summed E-state index contributed by atoms with van der Waals surface area (Å²) in [5, 5.41) is 9.02. The van der Waals surface area contributed by atoms with Gasteiger partial charge >= 0.3 is 5.97 Å². The SMILES string of the molecule is O=C(O)Cc1ccccc1N1CC2CCCCC2C1. The van der Waals surface area contributed by atoms with Crippen LogP contribution in [0.25, 0.3) is 0 Å². The van der Waals surface area contributed by atoms with Gasteiger partial charge in [-0.2, -0.15) is 0 Å². The smallest absolute Gasteiger partial charge is 0.307 e. The van der Waals surface area contributed by atoms with Gasteiger partial charge in [0.15, 0.2) is 0 Å². The third-order valence-electron chi connectivity index (χ3n) is 4.65. The van der Waals surface area contributed by atoms with Crippen molar-refractivity contribution in [2.75, 3.05) is 18.0 Å². The summed E-state index contributed by atoms with van der Waals surface area (Å²) >= 11 is 0. The number of aliphatic carboxylic acids is 1. The molecule has 0 amide bonds. The molecule has 1 saturated carbocycles. The lowest BCUT2D eigenvalue weighted by atomic mass is 9.82. The fraction of sp³-hybridized carbons (Fsp3) is 0.562. The topological polar surface area (TPSA) is 40.5 Å². The second kappa shape index (κ2) is 5.24. The first-order chi connectivity index (χ1) is 9.24. The predicted molar refractivity (Wildman–Crippen MR) is 75.4 cm³/mol. The third-order valence-corrected chi connectivity index (χ3v) is 4.65. The number of carboxylic acid groups (broad SMARTS) is 1. The summed E-state index contributed by atoms with van der Waals surface area (Å²) in [7, 11) is 0. The molecule has 0 bridgehead atoms. The van der Waals surface area contributed by atoms with Gasteiger partial charge in [0, 0.05) is 18.8 Å². The van der Waals surface area contributed by atoms with Gasteiger partial charge < -0.3 is 10.0 Å². The highest BCUT2D eigenvalue weighted by atomic mass is 16.4. The zero-order valence-electron chi connectivity index (χ0n) is 11.2. The molecule has 3 heteroatoms. The van der Waals surface area contributed by atoms with Crippen molar-refractivity contribution in [3.8, 4) is 0 Å². The van der Waals surface area contributed by atoms with Gasteiger partial charge in [-0.15, -0.1) is 0 Å². The van der Waals surface area contributed by atoms with Crippen molar-refractivity contribution in [3.63, 3.8) is 0 Å². The molecule has 0 spiro atoms. The van der Waals surface area contributed by atoms with Crippen LogP contribution in [0.15, 0.2) is 24.3 Å². The Kier molecular flexibility index (Phi) is 3.45. The lowest BCUT2D eigenvalue weighted by molar-refractivity contribution is -0.136. The fourth-order valence-electron chi connectivity index (χ4n) is 3.73. The maximum atomic E-state index is 11.0. The molecule has 1 aromatic rings. The predicted octanol–water partition coefficient (Wildman–Crippen LogP) is 2.94. The first kappa shape index (κ1) is 12.5. The van der Waals surface area contributed by atoms with Crippen molar-refractivity contribution in [3.05, 3.63) is 29.8 Å².